The normalized spacial score (nSPS) is 15.1. The highest BCUT2D eigenvalue weighted by atomic mass is 16.5. The number of hydrogen-bond acceptors (Lipinski definition) is 6. The summed E-state index contributed by atoms with van der Waals surface area (Å²) in [5, 5.41) is 14.3. The van der Waals surface area contributed by atoms with Crippen LogP contribution < -0.4 is 20.8 Å². The second-order valence-corrected chi connectivity index (χ2v) is 7.27. The van der Waals surface area contributed by atoms with Crippen molar-refractivity contribution in [1.82, 2.24) is 5.32 Å². The fourth-order valence-electron chi connectivity index (χ4n) is 3.67. The van der Waals surface area contributed by atoms with Gasteiger partial charge in [-0.25, -0.2) is 4.79 Å². The van der Waals surface area contributed by atoms with Gasteiger partial charge in [0.25, 0.3) is 5.91 Å². The van der Waals surface area contributed by atoms with E-state index in [4.69, 9.17) is 9.15 Å². The fraction of sp³-hybridized carbons (Fsp3) is 0.476. The van der Waals surface area contributed by atoms with Gasteiger partial charge in [-0.2, -0.15) is 0 Å². The molecule has 1 aliphatic rings. The van der Waals surface area contributed by atoms with E-state index in [1.807, 2.05) is 13.8 Å². The Morgan fingerprint density at radius 1 is 1.29 bits per heavy atom. The van der Waals surface area contributed by atoms with Crippen molar-refractivity contribution in [2.24, 2.45) is 0 Å². The highest BCUT2D eigenvalue weighted by molar-refractivity contribution is 5.90. The summed E-state index contributed by atoms with van der Waals surface area (Å²) in [5.74, 6) is -1.39. The van der Waals surface area contributed by atoms with Gasteiger partial charge in [0.2, 0.25) is 0 Å². The maximum Gasteiger partial charge on any atom is 0.339 e. The molecule has 3 rings (SSSR count). The second kappa shape index (κ2) is 8.04. The minimum absolute atomic E-state index is 0.285. The van der Waals surface area contributed by atoms with Crippen LogP contribution in [0.2, 0.25) is 0 Å². The lowest BCUT2D eigenvalue weighted by Crippen LogP contribution is -2.51. The minimum Gasteiger partial charge on any atom is -0.548 e. The van der Waals surface area contributed by atoms with E-state index in [0.717, 1.165) is 24.0 Å². The Balaban J connectivity index is 1.91. The third-order valence-corrected chi connectivity index (χ3v) is 5.03. The molecule has 0 bridgehead atoms. The van der Waals surface area contributed by atoms with Gasteiger partial charge in [-0.3, -0.25) is 4.79 Å². The van der Waals surface area contributed by atoms with Gasteiger partial charge in [-0.1, -0.05) is 13.3 Å². The molecule has 28 heavy (non-hydrogen) atoms. The Kier molecular flexibility index (Phi) is 5.72. The number of ether oxygens (including phenoxy) is 1. The van der Waals surface area contributed by atoms with Crippen molar-refractivity contribution in [1.29, 1.82) is 0 Å². The zero-order valence-electron chi connectivity index (χ0n) is 16.3. The van der Waals surface area contributed by atoms with Gasteiger partial charge in [0.1, 0.15) is 11.3 Å². The largest absolute Gasteiger partial charge is 0.548 e. The Labute approximate surface area is 162 Å². The molecule has 1 aliphatic carbocycles. The van der Waals surface area contributed by atoms with E-state index >= 15 is 0 Å². The predicted molar refractivity (Wildman–Crippen MR) is 101 cm³/mol. The van der Waals surface area contributed by atoms with Crippen LogP contribution in [0, 0.1) is 6.92 Å². The summed E-state index contributed by atoms with van der Waals surface area (Å²) in [6.07, 6.45) is 2.25. The number of aliphatic carboxylic acids is 1. The van der Waals surface area contributed by atoms with E-state index < -0.39 is 24.0 Å². The first-order valence-electron chi connectivity index (χ1n) is 9.59. The lowest BCUT2D eigenvalue weighted by atomic mass is 10.0. The molecule has 0 unspecified atom stereocenters. The van der Waals surface area contributed by atoms with Gasteiger partial charge in [-0.05, 0) is 62.8 Å². The van der Waals surface area contributed by atoms with E-state index in [-0.39, 0.29) is 12.0 Å². The fourth-order valence-corrected chi connectivity index (χ4v) is 3.67. The van der Waals surface area contributed by atoms with E-state index in [1.54, 1.807) is 19.1 Å². The molecule has 0 saturated carbocycles. The molecule has 7 heteroatoms. The maximum atomic E-state index is 12.4. The molecule has 1 amide bonds. The van der Waals surface area contributed by atoms with Crippen LogP contribution in [0.3, 0.4) is 0 Å². The van der Waals surface area contributed by atoms with Crippen LogP contribution in [0.5, 0.6) is 5.75 Å². The molecular formula is C21H24NO6-. The Bertz CT molecular complexity index is 977. The molecule has 0 aliphatic heterocycles. The summed E-state index contributed by atoms with van der Waals surface area (Å²) < 4.78 is 11.4. The summed E-state index contributed by atoms with van der Waals surface area (Å²) in [5.41, 5.74) is 2.52. The minimum atomic E-state index is -1.32. The Hall–Kier alpha value is -2.83. The number of fused-ring (bicyclic) bond motifs is 3. The highest BCUT2D eigenvalue weighted by Gasteiger charge is 2.25. The lowest BCUT2D eigenvalue weighted by Gasteiger charge is -2.22. The molecule has 1 aromatic carbocycles. The number of nitrogens with one attached hydrogen (secondary N) is 1. The number of amides is 1. The Morgan fingerprint density at radius 2 is 2.00 bits per heavy atom. The molecule has 2 aromatic rings. The van der Waals surface area contributed by atoms with E-state index in [2.05, 4.69) is 5.32 Å². The van der Waals surface area contributed by atoms with E-state index in [9.17, 15) is 19.5 Å². The summed E-state index contributed by atoms with van der Waals surface area (Å²) in [7, 11) is 0. The Morgan fingerprint density at radius 3 is 2.68 bits per heavy atom. The number of carboxylic acid groups (broad SMARTS) is 1. The number of hydrogen-bond donors (Lipinski definition) is 1. The number of benzene rings is 1. The zero-order chi connectivity index (χ0) is 20.4. The second-order valence-electron chi connectivity index (χ2n) is 7.27. The van der Waals surface area contributed by atoms with E-state index in [1.165, 1.54) is 0 Å². The van der Waals surface area contributed by atoms with E-state index in [0.29, 0.717) is 35.1 Å². The summed E-state index contributed by atoms with van der Waals surface area (Å²) in [6, 6.07) is 2.52. The first-order chi connectivity index (χ1) is 13.3. The van der Waals surface area contributed by atoms with Crippen LogP contribution in [-0.4, -0.2) is 24.0 Å². The van der Waals surface area contributed by atoms with Gasteiger partial charge in [0.15, 0.2) is 6.10 Å². The van der Waals surface area contributed by atoms with Crippen LogP contribution in [0.25, 0.3) is 11.0 Å². The molecular weight excluding hydrogens is 362 g/mol. The predicted octanol–water partition coefficient (Wildman–Crippen LogP) is 1.39. The maximum absolute atomic E-state index is 12.4. The molecule has 0 fully saturated rings. The molecule has 1 N–H and O–H groups in total. The van der Waals surface area contributed by atoms with Gasteiger partial charge in [0.05, 0.1) is 17.4 Å². The number of aryl methyl sites for hydroxylation is 2. The number of rotatable bonds is 7. The van der Waals surface area contributed by atoms with Crippen LogP contribution in [0.1, 0.15) is 49.8 Å². The van der Waals surface area contributed by atoms with Crippen molar-refractivity contribution in [2.45, 2.75) is 65.0 Å². The topological polar surface area (TPSA) is 109 Å². The van der Waals surface area contributed by atoms with Crippen molar-refractivity contribution >= 4 is 22.8 Å². The first kappa shape index (κ1) is 19.9. The molecule has 1 heterocycles. The molecule has 150 valence electrons. The van der Waals surface area contributed by atoms with Crippen molar-refractivity contribution < 1.29 is 23.8 Å². The molecule has 1 aromatic heterocycles. The van der Waals surface area contributed by atoms with Crippen LogP contribution >= 0.6 is 0 Å². The van der Waals surface area contributed by atoms with Crippen molar-refractivity contribution in [2.75, 3.05) is 0 Å². The molecule has 7 nitrogen and oxygen atoms in total. The SMILES string of the molecule is CCC[C@H](NC(=O)[C@H](C)Oc1cc(C)cc2oc(=O)c3c(c12)CCC3)C(=O)[O-]. The average molecular weight is 386 g/mol. The average Bonchev–Trinajstić information content (AvgIpc) is 3.10. The third-order valence-electron chi connectivity index (χ3n) is 5.03. The van der Waals surface area contributed by atoms with Crippen molar-refractivity contribution in [3.63, 3.8) is 0 Å². The highest BCUT2D eigenvalue weighted by Crippen LogP contribution is 2.35. The van der Waals surface area contributed by atoms with Crippen LogP contribution in [0.4, 0.5) is 0 Å². The molecule has 0 radical (unpaired) electrons. The summed E-state index contributed by atoms with van der Waals surface area (Å²) >= 11 is 0. The zero-order valence-corrected chi connectivity index (χ0v) is 16.3. The van der Waals surface area contributed by atoms with Gasteiger partial charge in [0, 0.05) is 5.56 Å². The van der Waals surface area contributed by atoms with Crippen LogP contribution in [-0.2, 0) is 22.4 Å². The molecule has 0 spiro atoms. The smallest absolute Gasteiger partial charge is 0.339 e. The van der Waals surface area contributed by atoms with Gasteiger partial charge in [-0.15, -0.1) is 0 Å². The van der Waals surface area contributed by atoms with Crippen molar-refractivity contribution in [3.8, 4) is 5.75 Å². The number of carbonyl (C=O) groups excluding carboxylic acids is 2. The standard InChI is InChI=1S/C21H25NO6/c1-4-6-15(20(24)25)22-19(23)12(3)27-16-9-11(2)10-17-18(16)13-7-5-8-14(13)21(26)28-17/h9-10,12,15H,4-8H2,1-3H3,(H,22,23)(H,24,25)/p-1/t12-,15-/m0/s1. The quantitative estimate of drug-likeness (QED) is 0.721. The molecule has 0 saturated heterocycles. The summed E-state index contributed by atoms with van der Waals surface area (Å²) in [4.78, 5) is 35.8. The van der Waals surface area contributed by atoms with Gasteiger partial charge < -0.3 is 24.4 Å². The molecule has 2 atom stereocenters. The van der Waals surface area contributed by atoms with Crippen LogP contribution in [0.15, 0.2) is 21.3 Å². The number of carbonyl (C=O) groups is 2. The van der Waals surface area contributed by atoms with Crippen molar-refractivity contribution in [3.05, 3.63) is 39.2 Å². The monoisotopic (exact) mass is 386 g/mol. The number of carboxylic acids is 1. The van der Waals surface area contributed by atoms with Gasteiger partial charge >= 0.3 is 5.63 Å². The third kappa shape index (κ3) is 3.88. The lowest BCUT2D eigenvalue weighted by molar-refractivity contribution is -0.308. The summed E-state index contributed by atoms with van der Waals surface area (Å²) in [6.45, 7) is 5.23. The first-order valence-corrected chi connectivity index (χ1v) is 9.59.